The van der Waals surface area contributed by atoms with Crippen molar-refractivity contribution >= 4 is 5.91 Å². The zero-order valence-corrected chi connectivity index (χ0v) is 12.8. The van der Waals surface area contributed by atoms with E-state index in [2.05, 4.69) is 37.9 Å². The van der Waals surface area contributed by atoms with Gasteiger partial charge in [-0.3, -0.25) is 4.79 Å². The molecular weight excluding hydrogens is 248 g/mol. The van der Waals surface area contributed by atoms with Gasteiger partial charge in [0.25, 0.3) is 5.91 Å². The summed E-state index contributed by atoms with van der Waals surface area (Å²) >= 11 is 0. The van der Waals surface area contributed by atoms with Crippen molar-refractivity contribution in [3.8, 4) is 11.8 Å². The summed E-state index contributed by atoms with van der Waals surface area (Å²) in [6, 6.07) is 5.65. The van der Waals surface area contributed by atoms with Gasteiger partial charge in [0.2, 0.25) is 0 Å². The van der Waals surface area contributed by atoms with Crippen LogP contribution in [0.15, 0.2) is 18.2 Å². The van der Waals surface area contributed by atoms with Crippen LogP contribution in [-0.4, -0.2) is 19.0 Å². The van der Waals surface area contributed by atoms with Gasteiger partial charge in [0.1, 0.15) is 0 Å². The average Bonchev–Trinajstić information content (AvgIpc) is 2.43. The molecule has 0 heterocycles. The smallest absolute Gasteiger partial charge is 0.251 e. The third kappa shape index (κ3) is 4.71. The van der Waals surface area contributed by atoms with E-state index in [1.54, 1.807) is 0 Å². The Labute approximate surface area is 121 Å². The van der Waals surface area contributed by atoms with E-state index in [0.29, 0.717) is 30.5 Å². The highest BCUT2D eigenvalue weighted by molar-refractivity contribution is 5.96. The van der Waals surface area contributed by atoms with Crippen molar-refractivity contribution in [2.75, 3.05) is 13.1 Å². The molecule has 0 saturated heterocycles. The summed E-state index contributed by atoms with van der Waals surface area (Å²) in [6.45, 7) is 9.40. The third-order valence-electron chi connectivity index (χ3n) is 3.54. The molecule has 0 fully saturated rings. The Morgan fingerprint density at radius 3 is 2.65 bits per heavy atom. The lowest BCUT2D eigenvalue weighted by Crippen LogP contribution is -2.30. The second-order valence-electron chi connectivity index (χ2n) is 5.47. The maximum absolute atomic E-state index is 12.2. The van der Waals surface area contributed by atoms with Gasteiger partial charge in [0, 0.05) is 17.7 Å². The second kappa shape index (κ2) is 7.72. The van der Waals surface area contributed by atoms with Gasteiger partial charge in [-0.1, -0.05) is 38.7 Å². The van der Waals surface area contributed by atoms with E-state index in [9.17, 15) is 4.79 Å². The zero-order chi connectivity index (χ0) is 15.1. The number of hydrogen-bond acceptors (Lipinski definition) is 2. The van der Waals surface area contributed by atoms with Crippen LogP contribution in [0.1, 0.15) is 42.3 Å². The van der Waals surface area contributed by atoms with Crippen molar-refractivity contribution < 1.29 is 4.79 Å². The zero-order valence-electron chi connectivity index (χ0n) is 12.8. The Bertz CT molecular complexity index is 524. The van der Waals surface area contributed by atoms with Crippen LogP contribution in [0, 0.1) is 30.6 Å². The quantitative estimate of drug-likeness (QED) is 0.827. The lowest BCUT2D eigenvalue weighted by Gasteiger charge is -2.16. The fourth-order valence-electron chi connectivity index (χ4n) is 1.68. The summed E-state index contributed by atoms with van der Waals surface area (Å²) in [6.07, 6.45) is 0. The molecule has 20 heavy (non-hydrogen) atoms. The maximum atomic E-state index is 12.2. The molecule has 1 atom stereocenters. The van der Waals surface area contributed by atoms with Crippen LogP contribution < -0.4 is 11.1 Å². The largest absolute Gasteiger partial charge is 0.352 e. The highest BCUT2D eigenvalue weighted by Gasteiger charge is 2.12. The molecule has 1 aromatic rings. The maximum Gasteiger partial charge on any atom is 0.251 e. The first-order valence-corrected chi connectivity index (χ1v) is 7.03. The van der Waals surface area contributed by atoms with Gasteiger partial charge in [-0.05, 0) is 36.5 Å². The molecule has 1 unspecified atom stereocenters. The van der Waals surface area contributed by atoms with E-state index in [0.717, 1.165) is 11.1 Å². The molecule has 108 valence electrons. The van der Waals surface area contributed by atoms with E-state index in [-0.39, 0.29) is 5.91 Å². The Kier molecular flexibility index (Phi) is 6.27. The molecule has 0 aliphatic heterocycles. The summed E-state index contributed by atoms with van der Waals surface area (Å²) in [4.78, 5) is 12.2. The lowest BCUT2D eigenvalue weighted by atomic mass is 9.98. The monoisotopic (exact) mass is 272 g/mol. The summed E-state index contributed by atoms with van der Waals surface area (Å²) in [5.74, 6) is 6.73. The molecule has 0 aromatic heterocycles. The molecule has 1 rings (SSSR count). The van der Waals surface area contributed by atoms with Crippen LogP contribution in [0.2, 0.25) is 0 Å². The number of hydrogen-bond donors (Lipinski definition) is 2. The van der Waals surface area contributed by atoms with Crippen molar-refractivity contribution in [3.05, 3.63) is 34.9 Å². The van der Waals surface area contributed by atoms with Gasteiger partial charge < -0.3 is 11.1 Å². The first-order valence-electron chi connectivity index (χ1n) is 7.03. The molecule has 1 aromatic carbocycles. The first-order chi connectivity index (χ1) is 9.45. The molecule has 0 radical (unpaired) electrons. The Morgan fingerprint density at radius 2 is 2.05 bits per heavy atom. The minimum absolute atomic E-state index is 0.0357. The highest BCUT2D eigenvalue weighted by Crippen LogP contribution is 2.12. The molecule has 3 nitrogen and oxygen atoms in total. The van der Waals surface area contributed by atoms with Crippen LogP contribution in [0.5, 0.6) is 0 Å². The van der Waals surface area contributed by atoms with Gasteiger partial charge in [0.05, 0.1) is 6.54 Å². The Hall–Kier alpha value is -1.79. The van der Waals surface area contributed by atoms with Crippen molar-refractivity contribution in [1.82, 2.24) is 5.32 Å². The van der Waals surface area contributed by atoms with E-state index >= 15 is 0 Å². The highest BCUT2D eigenvalue weighted by atomic mass is 16.1. The van der Waals surface area contributed by atoms with Crippen LogP contribution in [0.25, 0.3) is 0 Å². The minimum atomic E-state index is -0.0357. The fourth-order valence-corrected chi connectivity index (χ4v) is 1.68. The van der Waals surface area contributed by atoms with Gasteiger partial charge in [-0.25, -0.2) is 0 Å². The molecule has 3 N–H and O–H groups in total. The summed E-state index contributed by atoms with van der Waals surface area (Å²) in [5.41, 5.74) is 7.82. The SMILES string of the molecule is Cc1ccc(C#CCN)cc1C(=O)NCC(C)C(C)C. The normalized spacial score (nSPS) is 11.7. The van der Waals surface area contributed by atoms with Crippen LogP contribution in [0.4, 0.5) is 0 Å². The molecule has 0 bridgehead atoms. The number of nitrogens with one attached hydrogen (secondary N) is 1. The number of amides is 1. The predicted octanol–water partition coefficient (Wildman–Crippen LogP) is 2.33. The Balaban J connectivity index is 2.81. The van der Waals surface area contributed by atoms with Crippen LogP contribution in [-0.2, 0) is 0 Å². The van der Waals surface area contributed by atoms with Crippen LogP contribution >= 0.6 is 0 Å². The van der Waals surface area contributed by atoms with E-state index in [1.165, 1.54) is 0 Å². The lowest BCUT2D eigenvalue weighted by molar-refractivity contribution is 0.0944. The van der Waals surface area contributed by atoms with Crippen molar-refractivity contribution in [1.29, 1.82) is 0 Å². The predicted molar refractivity (Wildman–Crippen MR) is 83.4 cm³/mol. The molecule has 0 saturated carbocycles. The second-order valence-corrected chi connectivity index (χ2v) is 5.47. The molecule has 0 aliphatic rings. The van der Waals surface area contributed by atoms with Gasteiger partial charge >= 0.3 is 0 Å². The third-order valence-corrected chi connectivity index (χ3v) is 3.54. The van der Waals surface area contributed by atoms with Crippen molar-refractivity contribution in [2.24, 2.45) is 17.6 Å². The van der Waals surface area contributed by atoms with Gasteiger partial charge in [-0.15, -0.1) is 0 Å². The van der Waals surface area contributed by atoms with E-state index in [1.807, 2.05) is 25.1 Å². The van der Waals surface area contributed by atoms with E-state index < -0.39 is 0 Å². The Morgan fingerprint density at radius 1 is 1.35 bits per heavy atom. The molecule has 0 aliphatic carbocycles. The molecule has 3 heteroatoms. The number of carbonyl (C=O) groups excluding carboxylic acids is 1. The number of rotatable bonds is 4. The fraction of sp³-hybridized carbons (Fsp3) is 0.471. The minimum Gasteiger partial charge on any atom is -0.352 e. The molecule has 0 spiro atoms. The number of benzene rings is 1. The summed E-state index contributed by atoms with van der Waals surface area (Å²) in [7, 11) is 0. The summed E-state index contributed by atoms with van der Waals surface area (Å²) < 4.78 is 0. The van der Waals surface area contributed by atoms with Crippen molar-refractivity contribution in [2.45, 2.75) is 27.7 Å². The number of carbonyl (C=O) groups is 1. The number of aryl methyl sites for hydroxylation is 1. The van der Waals surface area contributed by atoms with Crippen LogP contribution in [0.3, 0.4) is 0 Å². The first kappa shape index (κ1) is 16.3. The molecular formula is C17H24N2O. The standard InChI is InChI=1S/C17H24N2O/c1-12(2)14(4)11-19-17(20)16-10-15(6-5-9-18)8-7-13(16)3/h7-8,10,12,14H,9,11,18H2,1-4H3,(H,19,20). The number of nitrogens with two attached hydrogens (primary N) is 1. The average molecular weight is 272 g/mol. The van der Waals surface area contributed by atoms with E-state index in [4.69, 9.17) is 5.73 Å². The topological polar surface area (TPSA) is 55.1 Å². The van der Waals surface area contributed by atoms with Gasteiger partial charge in [0.15, 0.2) is 0 Å². The van der Waals surface area contributed by atoms with Crippen molar-refractivity contribution in [3.63, 3.8) is 0 Å². The van der Waals surface area contributed by atoms with Gasteiger partial charge in [-0.2, -0.15) is 0 Å². The molecule has 1 amide bonds. The summed E-state index contributed by atoms with van der Waals surface area (Å²) in [5, 5.41) is 2.99.